The Morgan fingerprint density at radius 3 is 2.78 bits per heavy atom. The molecule has 0 amide bonds. The van der Waals surface area contributed by atoms with Crippen LogP contribution in [0.1, 0.15) is 11.1 Å². The van der Waals surface area contributed by atoms with Crippen LogP contribution in [0, 0.1) is 0 Å². The molecule has 1 aromatic carbocycles. The molecule has 3 heteroatoms. The fourth-order valence-electron chi connectivity index (χ4n) is 2.29. The lowest BCUT2D eigenvalue weighted by Gasteiger charge is -2.10. The van der Waals surface area contributed by atoms with Gasteiger partial charge in [-0.15, -0.1) is 0 Å². The predicted octanol–water partition coefficient (Wildman–Crippen LogP) is 3.20. The second kappa shape index (κ2) is 4.53. The van der Waals surface area contributed by atoms with Crippen molar-refractivity contribution in [3.63, 3.8) is 0 Å². The highest BCUT2D eigenvalue weighted by molar-refractivity contribution is 5.91. The first-order chi connectivity index (χ1) is 8.88. The van der Waals surface area contributed by atoms with Crippen molar-refractivity contribution in [3.8, 4) is 0 Å². The molecule has 0 aliphatic carbocycles. The first kappa shape index (κ1) is 10.8. The zero-order valence-corrected chi connectivity index (χ0v) is 10.3. The standard InChI is InChI=1S/C15H15N3/c1-16-14-12(9-11-5-3-2-4-6-11)10-18-15-13(14)7-8-17-15/h2-8,10H,9H2,1H3,(H2,16,17,18). The Balaban J connectivity index is 2.06. The van der Waals surface area contributed by atoms with E-state index in [1.165, 1.54) is 11.1 Å². The smallest absolute Gasteiger partial charge is 0.139 e. The summed E-state index contributed by atoms with van der Waals surface area (Å²) in [5, 5.41) is 4.43. The number of nitrogens with zero attached hydrogens (tertiary/aromatic N) is 1. The van der Waals surface area contributed by atoms with E-state index in [1.54, 1.807) is 0 Å². The maximum atomic E-state index is 4.45. The van der Waals surface area contributed by atoms with Crippen LogP contribution >= 0.6 is 0 Å². The summed E-state index contributed by atoms with van der Waals surface area (Å²) in [4.78, 5) is 7.58. The SMILES string of the molecule is CNc1c(Cc2ccccc2)cnc2[nH]ccc12. The van der Waals surface area contributed by atoms with Crippen LogP contribution in [0.2, 0.25) is 0 Å². The molecule has 3 nitrogen and oxygen atoms in total. The molecule has 0 saturated carbocycles. The van der Waals surface area contributed by atoms with Crippen molar-refractivity contribution in [2.24, 2.45) is 0 Å². The highest BCUT2D eigenvalue weighted by Crippen LogP contribution is 2.26. The molecule has 3 rings (SSSR count). The Labute approximate surface area is 106 Å². The van der Waals surface area contributed by atoms with Gasteiger partial charge in [0.15, 0.2) is 0 Å². The number of anilines is 1. The van der Waals surface area contributed by atoms with E-state index in [-0.39, 0.29) is 0 Å². The number of hydrogen-bond acceptors (Lipinski definition) is 2. The molecule has 0 atom stereocenters. The minimum atomic E-state index is 0.894. The Kier molecular flexibility index (Phi) is 2.73. The van der Waals surface area contributed by atoms with Gasteiger partial charge in [-0.2, -0.15) is 0 Å². The minimum absolute atomic E-state index is 0.894. The lowest BCUT2D eigenvalue weighted by molar-refractivity contribution is 1.16. The number of fused-ring (bicyclic) bond motifs is 1. The van der Waals surface area contributed by atoms with Gasteiger partial charge in [-0.05, 0) is 17.2 Å². The maximum Gasteiger partial charge on any atom is 0.139 e. The van der Waals surface area contributed by atoms with Gasteiger partial charge in [0.2, 0.25) is 0 Å². The van der Waals surface area contributed by atoms with E-state index in [4.69, 9.17) is 0 Å². The second-order valence-electron chi connectivity index (χ2n) is 4.31. The zero-order valence-electron chi connectivity index (χ0n) is 10.3. The Bertz CT molecular complexity index is 656. The molecule has 90 valence electrons. The van der Waals surface area contributed by atoms with Crippen LogP contribution in [-0.2, 0) is 6.42 Å². The summed E-state index contributed by atoms with van der Waals surface area (Å²) in [6.07, 6.45) is 4.76. The maximum absolute atomic E-state index is 4.45. The molecule has 0 spiro atoms. The normalized spacial score (nSPS) is 10.7. The molecule has 2 aromatic heterocycles. The fraction of sp³-hybridized carbons (Fsp3) is 0.133. The van der Waals surface area contributed by atoms with Crippen LogP contribution in [0.5, 0.6) is 0 Å². The molecule has 0 unspecified atom stereocenters. The summed E-state index contributed by atoms with van der Waals surface area (Å²) < 4.78 is 0. The van der Waals surface area contributed by atoms with Crippen LogP contribution in [0.3, 0.4) is 0 Å². The summed E-state index contributed by atoms with van der Waals surface area (Å²) in [5.41, 5.74) is 4.60. The van der Waals surface area contributed by atoms with Crippen molar-refractivity contribution < 1.29 is 0 Å². The molecular weight excluding hydrogens is 222 g/mol. The van der Waals surface area contributed by atoms with Gasteiger partial charge in [-0.1, -0.05) is 30.3 Å². The average Bonchev–Trinajstić information content (AvgIpc) is 2.88. The molecular formula is C15H15N3. The first-order valence-electron chi connectivity index (χ1n) is 6.05. The van der Waals surface area contributed by atoms with E-state index in [9.17, 15) is 0 Å². The largest absolute Gasteiger partial charge is 0.387 e. The van der Waals surface area contributed by atoms with Gasteiger partial charge in [0, 0.05) is 31.2 Å². The average molecular weight is 237 g/mol. The minimum Gasteiger partial charge on any atom is -0.387 e. The fourth-order valence-corrected chi connectivity index (χ4v) is 2.29. The van der Waals surface area contributed by atoms with Crippen LogP contribution in [-0.4, -0.2) is 17.0 Å². The molecule has 0 fully saturated rings. The van der Waals surface area contributed by atoms with Gasteiger partial charge >= 0.3 is 0 Å². The number of H-pyrrole nitrogens is 1. The van der Waals surface area contributed by atoms with Gasteiger partial charge < -0.3 is 10.3 Å². The first-order valence-corrected chi connectivity index (χ1v) is 6.05. The summed E-state index contributed by atoms with van der Waals surface area (Å²) >= 11 is 0. The zero-order chi connectivity index (χ0) is 12.4. The number of aromatic amines is 1. The molecule has 0 bridgehead atoms. The Morgan fingerprint density at radius 1 is 1.17 bits per heavy atom. The van der Waals surface area contributed by atoms with Gasteiger partial charge in [0.05, 0.1) is 5.69 Å². The van der Waals surface area contributed by atoms with Gasteiger partial charge in [0.25, 0.3) is 0 Å². The van der Waals surface area contributed by atoms with E-state index in [2.05, 4.69) is 45.6 Å². The molecule has 0 radical (unpaired) electrons. The van der Waals surface area contributed by atoms with Crippen LogP contribution in [0.15, 0.2) is 48.8 Å². The number of benzene rings is 1. The van der Waals surface area contributed by atoms with E-state index in [0.29, 0.717) is 0 Å². The van der Waals surface area contributed by atoms with Crippen molar-refractivity contribution in [2.75, 3.05) is 12.4 Å². The third-order valence-corrected chi connectivity index (χ3v) is 3.15. The van der Waals surface area contributed by atoms with Gasteiger partial charge in [-0.25, -0.2) is 4.98 Å². The summed E-state index contributed by atoms with van der Waals surface area (Å²) in [5.74, 6) is 0. The monoisotopic (exact) mass is 237 g/mol. The molecule has 3 aromatic rings. The van der Waals surface area contributed by atoms with E-state index in [1.807, 2.05) is 25.5 Å². The van der Waals surface area contributed by atoms with Crippen LogP contribution in [0.25, 0.3) is 11.0 Å². The lowest BCUT2D eigenvalue weighted by atomic mass is 10.0. The van der Waals surface area contributed by atoms with Gasteiger partial charge in [0.1, 0.15) is 5.65 Å². The summed E-state index contributed by atoms with van der Waals surface area (Å²) in [7, 11) is 1.95. The van der Waals surface area contributed by atoms with E-state index in [0.717, 1.165) is 23.1 Å². The topological polar surface area (TPSA) is 40.7 Å². The number of hydrogen-bond donors (Lipinski definition) is 2. The summed E-state index contributed by atoms with van der Waals surface area (Å²) in [6, 6.07) is 12.5. The highest BCUT2D eigenvalue weighted by Gasteiger charge is 2.08. The molecule has 0 saturated heterocycles. The van der Waals surface area contributed by atoms with Crippen molar-refractivity contribution >= 4 is 16.7 Å². The van der Waals surface area contributed by atoms with E-state index < -0.39 is 0 Å². The number of aromatic nitrogens is 2. The Morgan fingerprint density at radius 2 is 2.00 bits per heavy atom. The molecule has 0 aliphatic rings. The lowest BCUT2D eigenvalue weighted by Crippen LogP contribution is -1.98. The number of nitrogens with one attached hydrogen (secondary N) is 2. The van der Waals surface area contributed by atoms with Crippen molar-refractivity contribution in [1.82, 2.24) is 9.97 Å². The molecule has 18 heavy (non-hydrogen) atoms. The third-order valence-electron chi connectivity index (χ3n) is 3.15. The Hall–Kier alpha value is -2.29. The van der Waals surface area contributed by atoms with Crippen LogP contribution < -0.4 is 5.32 Å². The van der Waals surface area contributed by atoms with Crippen molar-refractivity contribution in [1.29, 1.82) is 0 Å². The second-order valence-corrected chi connectivity index (χ2v) is 4.31. The molecule has 2 heterocycles. The predicted molar refractivity (Wildman–Crippen MR) is 74.9 cm³/mol. The van der Waals surface area contributed by atoms with Crippen LogP contribution in [0.4, 0.5) is 5.69 Å². The van der Waals surface area contributed by atoms with E-state index >= 15 is 0 Å². The molecule has 0 aliphatic heterocycles. The van der Waals surface area contributed by atoms with Crippen molar-refractivity contribution in [2.45, 2.75) is 6.42 Å². The highest BCUT2D eigenvalue weighted by atomic mass is 14.9. The number of pyridine rings is 1. The molecule has 2 N–H and O–H groups in total. The number of rotatable bonds is 3. The quantitative estimate of drug-likeness (QED) is 0.734. The van der Waals surface area contributed by atoms with Crippen molar-refractivity contribution in [3.05, 3.63) is 59.9 Å². The van der Waals surface area contributed by atoms with Gasteiger partial charge in [-0.3, -0.25) is 0 Å². The summed E-state index contributed by atoms with van der Waals surface area (Å²) in [6.45, 7) is 0. The third kappa shape index (κ3) is 1.84.